The summed E-state index contributed by atoms with van der Waals surface area (Å²) in [6.07, 6.45) is 2.44. The fourth-order valence-electron chi connectivity index (χ4n) is 7.65. The molecular formula is C31H29BrClFN2O5. The number of fused-ring (bicyclic) bond motifs is 4. The molecule has 2 aromatic carbocycles. The normalized spacial score (nSPS) is 31.3. The molecule has 1 N–H and O–H groups in total. The Morgan fingerprint density at radius 2 is 1.73 bits per heavy atom. The number of hydrogen-bond acceptors (Lipinski definition) is 5. The lowest BCUT2D eigenvalue weighted by atomic mass is 9.51. The number of halogens is 3. The minimum atomic E-state index is -1.33. The van der Waals surface area contributed by atoms with Crippen LogP contribution >= 0.6 is 27.5 Å². The standard InChI is InChI=1S/C31H29BrClFN2O5/c1-30(2,3)36-26(38)17-8-7-16-18(24(17)28(36)40)13-20-27(39)35(15-6-9-22(34)21(33)12-15)29(41)31(20,4)25(16)19-11-14(32)5-10-23(19)37/h5-7,9-12,17-18,20,24-25,37H,8,13H2,1-4H3/t17-,18+,20-,24-,25+,31+/m0/s1. The van der Waals surface area contributed by atoms with E-state index in [9.17, 15) is 28.7 Å². The number of benzene rings is 2. The zero-order valence-electron chi connectivity index (χ0n) is 23.0. The van der Waals surface area contributed by atoms with E-state index in [1.807, 2.05) is 26.8 Å². The highest BCUT2D eigenvalue weighted by Crippen LogP contribution is 2.64. The fraction of sp³-hybridized carbons (Fsp3) is 0.419. The van der Waals surface area contributed by atoms with Crippen molar-refractivity contribution in [2.75, 3.05) is 4.90 Å². The zero-order chi connectivity index (χ0) is 29.8. The van der Waals surface area contributed by atoms with Gasteiger partial charge in [0.05, 0.1) is 33.9 Å². The van der Waals surface area contributed by atoms with E-state index in [0.29, 0.717) is 16.5 Å². The van der Waals surface area contributed by atoms with Crippen LogP contribution < -0.4 is 4.90 Å². The number of carbonyl (C=O) groups is 4. The molecule has 7 nitrogen and oxygen atoms in total. The summed E-state index contributed by atoms with van der Waals surface area (Å²) in [5, 5.41) is 10.9. The maximum atomic E-state index is 14.4. The molecule has 2 saturated heterocycles. The lowest BCUT2D eigenvalue weighted by molar-refractivity contribution is -0.145. The van der Waals surface area contributed by atoms with E-state index >= 15 is 0 Å². The molecule has 3 fully saturated rings. The number of likely N-dealkylation sites (tertiary alicyclic amines) is 1. The number of allylic oxidation sites excluding steroid dienone is 2. The first-order chi connectivity index (χ1) is 19.2. The number of hydrogen-bond donors (Lipinski definition) is 1. The Hall–Kier alpha value is -3.04. The van der Waals surface area contributed by atoms with E-state index in [1.54, 1.807) is 19.1 Å². The minimum Gasteiger partial charge on any atom is -0.508 e. The molecule has 4 amide bonds. The van der Waals surface area contributed by atoms with Gasteiger partial charge in [0, 0.05) is 21.5 Å². The topological polar surface area (TPSA) is 95.0 Å². The van der Waals surface area contributed by atoms with E-state index in [0.717, 1.165) is 16.5 Å². The first-order valence-corrected chi connectivity index (χ1v) is 14.7. The Bertz CT molecular complexity index is 1580. The maximum Gasteiger partial charge on any atom is 0.241 e. The van der Waals surface area contributed by atoms with Crippen LogP contribution in [0.4, 0.5) is 10.1 Å². The molecule has 2 heterocycles. The Morgan fingerprint density at radius 1 is 1.02 bits per heavy atom. The first kappa shape index (κ1) is 28.1. The lowest BCUT2D eigenvalue weighted by Gasteiger charge is -2.49. The lowest BCUT2D eigenvalue weighted by Crippen LogP contribution is -2.49. The molecule has 0 unspecified atom stereocenters. The van der Waals surface area contributed by atoms with Gasteiger partial charge in [-0.25, -0.2) is 9.29 Å². The predicted octanol–water partition coefficient (Wildman–Crippen LogP) is 5.98. The van der Waals surface area contributed by atoms with Gasteiger partial charge in [-0.15, -0.1) is 0 Å². The summed E-state index contributed by atoms with van der Waals surface area (Å²) in [5.74, 6) is -5.55. The highest BCUT2D eigenvalue weighted by Gasteiger charge is 2.68. The van der Waals surface area contributed by atoms with Gasteiger partial charge >= 0.3 is 0 Å². The average molecular weight is 644 g/mol. The van der Waals surface area contributed by atoms with Crippen molar-refractivity contribution in [3.05, 3.63) is 68.9 Å². The third-order valence-corrected chi connectivity index (χ3v) is 10.2. The summed E-state index contributed by atoms with van der Waals surface area (Å²) >= 11 is 9.51. The van der Waals surface area contributed by atoms with E-state index in [-0.39, 0.29) is 34.7 Å². The van der Waals surface area contributed by atoms with Crippen LogP contribution in [0.2, 0.25) is 5.02 Å². The average Bonchev–Trinajstić information content (AvgIpc) is 3.27. The largest absolute Gasteiger partial charge is 0.508 e. The number of phenols is 1. The molecule has 4 aliphatic rings. The minimum absolute atomic E-state index is 0.0458. The number of carbonyl (C=O) groups excluding carboxylic acids is 4. The van der Waals surface area contributed by atoms with Crippen LogP contribution in [0.15, 0.2) is 52.5 Å². The molecule has 0 bridgehead atoms. The van der Waals surface area contributed by atoms with Crippen LogP contribution in [-0.2, 0) is 19.2 Å². The first-order valence-electron chi connectivity index (χ1n) is 13.6. The van der Waals surface area contributed by atoms with Gasteiger partial charge in [-0.3, -0.25) is 24.1 Å². The summed E-state index contributed by atoms with van der Waals surface area (Å²) in [7, 11) is 0. The Balaban J connectivity index is 1.54. The quantitative estimate of drug-likeness (QED) is 0.321. The molecule has 6 rings (SSSR count). The molecule has 41 heavy (non-hydrogen) atoms. The van der Waals surface area contributed by atoms with Crippen molar-refractivity contribution in [2.45, 2.75) is 52.0 Å². The van der Waals surface area contributed by atoms with Crippen LogP contribution in [0, 0.1) is 34.9 Å². The number of nitrogens with zero attached hydrogens (tertiary/aromatic N) is 2. The molecule has 1 saturated carbocycles. The van der Waals surface area contributed by atoms with Gasteiger partial charge in [-0.05, 0) is 82.9 Å². The van der Waals surface area contributed by atoms with Crippen LogP contribution in [0.25, 0.3) is 0 Å². The predicted molar refractivity (Wildman–Crippen MR) is 153 cm³/mol. The number of aromatic hydroxyl groups is 1. The number of imide groups is 2. The molecule has 0 radical (unpaired) electrons. The summed E-state index contributed by atoms with van der Waals surface area (Å²) in [4.78, 5) is 58.3. The number of anilines is 1. The molecule has 0 aromatic heterocycles. The van der Waals surface area contributed by atoms with Crippen LogP contribution in [0.1, 0.15) is 52.0 Å². The SMILES string of the molecule is CC(C)(C)N1C(=O)[C@H]2[C@H](CC=C3[C@H]2C[C@H]2C(=O)N(c4ccc(F)c(Cl)c4)C(=O)[C@@]2(C)[C@H]3c2cc(Br)ccc2O)C1=O. The molecular weight excluding hydrogens is 615 g/mol. The van der Waals surface area contributed by atoms with Crippen LogP contribution in [0.5, 0.6) is 5.75 Å². The molecule has 6 atom stereocenters. The van der Waals surface area contributed by atoms with Crippen LogP contribution in [-0.4, -0.2) is 39.2 Å². The van der Waals surface area contributed by atoms with Crippen molar-refractivity contribution in [3.63, 3.8) is 0 Å². The summed E-state index contributed by atoms with van der Waals surface area (Å²) < 4.78 is 14.7. The number of amides is 4. The highest BCUT2D eigenvalue weighted by molar-refractivity contribution is 9.10. The summed E-state index contributed by atoms with van der Waals surface area (Å²) in [5.41, 5.74) is -0.670. The van der Waals surface area contributed by atoms with Gasteiger partial charge in [0.2, 0.25) is 23.6 Å². The van der Waals surface area contributed by atoms with Crippen molar-refractivity contribution < 1.29 is 28.7 Å². The van der Waals surface area contributed by atoms with Crippen molar-refractivity contribution in [2.24, 2.45) is 29.1 Å². The molecule has 0 spiro atoms. The monoisotopic (exact) mass is 642 g/mol. The highest BCUT2D eigenvalue weighted by atomic mass is 79.9. The van der Waals surface area contributed by atoms with Gasteiger partial charge in [0.25, 0.3) is 0 Å². The Kier molecular flexibility index (Phi) is 6.33. The van der Waals surface area contributed by atoms with Crippen molar-refractivity contribution in [1.82, 2.24) is 4.90 Å². The van der Waals surface area contributed by atoms with Gasteiger partial charge in [-0.1, -0.05) is 39.2 Å². The van der Waals surface area contributed by atoms with Crippen molar-refractivity contribution in [1.29, 1.82) is 0 Å². The fourth-order valence-corrected chi connectivity index (χ4v) is 8.20. The molecule has 2 aliphatic heterocycles. The number of rotatable bonds is 2. The zero-order valence-corrected chi connectivity index (χ0v) is 25.3. The Morgan fingerprint density at radius 3 is 2.39 bits per heavy atom. The van der Waals surface area contributed by atoms with Gasteiger partial charge in [-0.2, -0.15) is 0 Å². The second kappa shape index (κ2) is 9.23. The van der Waals surface area contributed by atoms with Gasteiger partial charge in [0.15, 0.2) is 0 Å². The molecule has 2 aliphatic carbocycles. The van der Waals surface area contributed by atoms with Crippen molar-refractivity contribution in [3.8, 4) is 5.75 Å². The Labute approximate surface area is 250 Å². The number of phenolic OH excluding ortho intramolecular Hbond substituents is 1. The smallest absolute Gasteiger partial charge is 0.241 e. The van der Waals surface area contributed by atoms with Gasteiger partial charge in [0.1, 0.15) is 11.6 Å². The molecule has 2 aromatic rings. The summed E-state index contributed by atoms with van der Waals surface area (Å²) in [6.45, 7) is 7.18. The third kappa shape index (κ3) is 3.88. The van der Waals surface area contributed by atoms with E-state index in [4.69, 9.17) is 11.6 Å². The van der Waals surface area contributed by atoms with Gasteiger partial charge < -0.3 is 5.11 Å². The second-order valence-electron chi connectivity index (χ2n) is 12.6. The second-order valence-corrected chi connectivity index (χ2v) is 14.0. The van der Waals surface area contributed by atoms with E-state index in [1.165, 1.54) is 23.1 Å². The molecule has 10 heteroatoms. The van der Waals surface area contributed by atoms with Crippen molar-refractivity contribution >= 4 is 56.8 Å². The molecule has 214 valence electrons. The summed E-state index contributed by atoms with van der Waals surface area (Å²) in [6, 6.07) is 8.64. The third-order valence-electron chi connectivity index (χ3n) is 9.41. The van der Waals surface area contributed by atoms with Crippen LogP contribution in [0.3, 0.4) is 0 Å². The van der Waals surface area contributed by atoms with E-state index in [2.05, 4.69) is 15.9 Å². The van der Waals surface area contributed by atoms with E-state index < -0.39 is 58.2 Å². The maximum absolute atomic E-state index is 14.4.